The molecule has 0 radical (unpaired) electrons. The Hall–Kier alpha value is -2.08. The fourth-order valence-electron chi connectivity index (χ4n) is 1.58. The molecule has 6 heteroatoms. The maximum absolute atomic E-state index is 12.1. The average Bonchev–Trinajstić information content (AvgIpc) is 2.71. The highest BCUT2D eigenvalue weighted by atomic mass is 32.1. The van der Waals surface area contributed by atoms with Crippen molar-refractivity contribution in [1.29, 1.82) is 0 Å². The lowest BCUT2D eigenvalue weighted by molar-refractivity contribution is 0.103. The number of aromatic nitrogens is 1. The molecule has 0 spiro atoms. The maximum Gasteiger partial charge on any atom is 0.269 e. The Labute approximate surface area is 116 Å². The number of nitrogens with two attached hydrogens (primary N) is 1. The van der Waals surface area contributed by atoms with Crippen LogP contribution in [0.25, 0.3) is 0 Å². The van der Waals surface area contributed by atoms with E-state index in [-0.39, 0.29) is 11.7 Å². The number of thiazole rings is 1. The van der Waals surface area contributed by atoms with Gasteiger partial charge in [0.15, 0.2) is 5.13 Å². The van der Waals surface area contributed by atoms with E-state index < -0.39 is 0 Å². The third-order valence-electron chi connectivity index (χ3n) is 2.51. The summed E-state index contributed by atoms with van der Waals surface area (Å²) in [4.78, 5) is 18.6. The molecule has 5 nitrogen and oxygen atoms in total. The van der Waals surface area contributed by atoms with Crippen LogP contribution >= 0.6 is 11.3 Å². The molecular formula is C13H16N4OS. The van der Waals surface area contributed by atoms with Gasteiger partial charge < -0.3 is 16.0 Å². The van der Waals surface area contributed by atoms with Crippen molar-refractivity contribution in [2.45, 2.75) is 6.92 Å². The molecule has 0 fully saturated rings. The lowest BCUT2D eigenvalue weighted by atomic mass is 10.2. The summed E-state index contributed by atoms with van der Waals surface area (Å²) in [6.45, 7) is 1.97. The molecule has 0 saturated heterocycles. The summed E-state index contributed by atoms with van der Waals surface area (Å²) in [7, 11) is 3.72. The number of anilines is 3. The standard InChI is InChI=1S/C13H16N4OS/c1-8-5-4-6-9(7-8)15-12(18)10-11(14)16-13(19-10)17(2)3/h4-7H,14H2,1-3H3,(H,15,18). The summed E-state index contributed by atoms with van der Waals surface area (Å²) in [5.41, 5.74) is 7.62. The molecule has 1 aromatic carbocycles. The Morgan fingerprint density at radius 3 is 2.74 bits per heavy atom. The van der Waals surface area contributed by atoms with E-state index in [9.17, 15) is 4.79 Å². The Balaban J connectivity index is 2.20. The summed E-state index contributed by atoms with van der Waals surface area (Å²) in [6.07, 6.45) is 0. The largest absolute Gasteiger partial charge is 0.382 e. The highest BCUT2D eigenvalue weighted by Crippen LogP contribution is 2.27. The molecule has 0 aliphatic carbocycles. The smallest absolute Gasteiger partial charge is 0.269 e. The van der Waals surface area contributed by atoms with Gasteiger partial charge in [0.25, 0.3) is 5.91 Å². The first-order chi connectivity index (χ1) is 8.97. The number of carbonyl (C=O) groups is 1. The van der Waals surface area contributed by atoms with E-state index in [1.807, 2.05) is 50.2 Å². The number of amides is 1. The second-order valence-corrected chi connectivity index (χ2v) is 5.41. The molecule has 1 heterocycles. The number of nitrogens with zero attached hydrogens (tertiary/aromatic N) is 2. The molecule has 0 saturated carbocycles. The minimum atomic E-state index is -0.228. The number of nitrogens with one attached hydrogen (secondary N) is 1. The van der Waals surface area contributed by atoms with Crippen molar-refractivity contribution in [3.63, 3.8) is 0 Å². The third kappa shape index (κ3) is 3.03. The Morgan fingerprint density at radius 2 is 2.16 bits per heavy atom. The average molecular weight is 276 g/mol. The lowest BCUT2D eigenvalue weighted by Crippen LogP contribution is -2.12. The fourth-order valence-corrected chi connectivity index (χ4v) is 2.39. The van der Waals surface area contributed by atoms with Crippen LogP contribution in [-0.4, -0.2) is 25.0 Å². The number of benzene rings is 1. The molecular weight excluding hydrogens is 260 g/mol. The van der Waals surface area contributed by atoms with Crippen LogP contribution in [0.4, 0.5) is 16.6 Å². The van der Waals surface area contributed by atoms with Crippen molar-refractivity contribution in [3.05, 3.63) is 34.7 Å². The van der Waals surface area contributed by atoms with Gasteiger partial charge in [0.05, 0.1) is 0 Å². The summed E-state index contributed by atoms with van der Waals surface area (Å²) >= 11 is 1.28. The lowest BCUT2D eigenvalue weighted by Gasteiger charge is -2.05. The molecule has 0 aliphatic heterocycles. The number of carbonyl (C=O) groups excluding carboxylic acids is 1. The number of hydrogen-bond acceptors (Lipinski definition) is 5. The highest BCUT2D eigenvalue weighted by molar-refractivity contribution is 7.18. The molecule has 3 N–H and O–H groups in total. The second kappa shape index (κ2) is 5.27. The number of rotatable bonds is 3. The number of nitrogen functional groups attached to an aromatic ring is 1. The predicted octanol–water partition coefficient (Wildman–Crippen LogP) is 2.35. The van der Waals surface area contributed by atoms with E-state index in [2.05, 4.69) is 10.3 Å². The van der Waals surface area contributed by atoms with Gasteiger partial charge in [0.2, 0.25) is 0 Å². The van der Waals surface area contributed by atoms with Crippen molar-refractivity contribution in [2.24, 2.45) is 0 Å². The Bertz CT molecular complexity index is 606. The van der Waals surface area contributed by atoms with Crippen molar-refractivity contribution < 1.29 is 4.79 Å². The van der Waals surface area contributed by atoms with Gasteiger partial charge in [0, 0.05) is 19.8 Å². The third-order valence-corrected chi connectivity index (χ3v) is 3.74. The summed E-state index contributed by atoms with van der Waals surface area (Å²) in [5, 5.41) is 3.54. The van der Waals surface area contributed by atoms with Crippen LogP contribution in [0.3, 0.4) is 0 Å². The quantitative estimate of drug-likeness (QED) is 0.902. The zero-order valence-corrected chi connectivity index (χ0v) is 11.9. The molecule has 100 valence electrons. The van der Waals surface area contributed by atoms with E-state index in [0.717, 1.165) is 11.3 Å². The minimum absolute atomic E-state index is 0.228. The van der Waals surface area contributed by atoms with Crippen molar-refractivity contribution >= 4 is 33.9 Å². The van der Waals surface area contributed by atoms with E-state index in [0.29, 0.717) is 10.0 Å². The van der Waals surface area contributed by atoms with Gasteiger partial charge >= 0.3 is 0 Å². The van der Waals surface area contributed by atoms with Gasteiger partial charge in [-0.3, -0.25) is 4.79 Å². The molecule has 0 bridgehead atoms. The SMILES string of the molecule is Cc1cccc(NC(=O)c2sc(N(C)C)nc2N)c1. The summed E-state index contributed by atoms with van der Waals surface area (Å²) < 4.78 is 0. The van der Waals surface area contributed by atoms with Gasteiger partial charge in [0.1, 0.15) is 10.7 Å². The van der Waals surface area contributed by atoms with Gasteiger partial charge in [-0.1, -0.05) is 23.5 Å². The zero-order chi connectivity index (χ0) is 14.0. The number of aryl methyl sites for hydroxylation is 1. The molecule has 1 aromatic heterocycles. The van der Waals surface area contributed by atoms with Crippen LogP contribution in [0, 0.1) is 6.92 Å². The second-order valence-electron chi connectivity index (χ2n) is 4.43. The van der Waals surface area contributed by atoms with Crippen LogP contribution in [-0.2, 0) is 0 Å². The van der Waals surface area contributed by atoms with Crippen molar-refractivity contribution in [3.8, 4) is 0 Å². The molecule has 0 atom stereocenters. The fraction of sp³-hybridized carbons (Fsp3) is 0.231. The Morgan fingerprint density at radius 1 is 1.42 bits per heavy atom. The monoisotopic (exact) mass is 276 g/mol. The first kappa shape index (κ1) is 13.4. The van der Waals surface area contributed by atoms with Crippen LogP contribution in [0.1, 0.15) is 15.2 Å². The highest BCUT2D eigenvalue weighted by Gasteiger charge is 2.17. The van der Waals surface area contributed by atoms with E-state index in [1.54, 1.807) is 0 Å². The zero-order valence-electron chi connectivity index (χ0n) is 11.1. The molecule has 1 amide bonds. The normalized spacial score (nSPS) is 10.3. The first-order valence-electron chi connectivity index (χ1n) is 5.79. The van der Waals surface area contributed by atoms with Gasteiger partial charge in [-0.15, -0.1) is 0 Å². The van der Waals surface area contributed by atoms with Crippen LogP contribution in [0.5, 0.6) is 0 Å². The summed E-state index contributed by atoms with van der Waals surface area (Å²) in [5.74, 6) is 0.0348. The van der Waals surface area contributed by atoms with Gasteiger partial charge in [-0.25, -0.2) is 4.98 Å². The van der Waals surface area contributed by atoms with Crippen molar-refractivity contribution in [2.75, 3.05) is 30.0 Å². The van der Waals surface area contributed by atoms with E-state index >= 15 is 0 Å². The van der Waals surface area contributed by atoms with Crippen LogP contribution in [0.15, 0.2) is 24.3 Å². The topological polar surface area (TPSA) is 71.2 Å². The van der Waals surface area contributed by atoms with Gasteiger partial charge in [-0.2, -0.15) is 0 Å². The number of hydrogen-bond donors (Lipinski definition) is 2. The summed E-state index contributed by atoms with van der Waals surface area (Å²) in [6, 6.07) is 7.62. The van der Waals surface area contributed by atoms with E-state index in [4.69, 9.17) is 5.73 Å². The van der Waals surface area contributed by atoms with Crippen LogP contribution in [0.2, 0.25) is 0 Å². The molecule has 2 rings (SSSR count). The molecule has 19 heavy (non-hydrogen) atoms. The molecule has 2 aromatic rings. The van der Waals surface area contributed by atoms with Crippen LogP contribution < -0.4 is 16.0 Å². The Kier molecular flexibility index (Phi) is 3.71. The minimum Gasteiger partial charge on any atom is -0.382 e. The van der Waals surface area contributed by atoms with Crippen molar-refractivity contribution in [1.82, 2.24) is 4.98 Å². The van der Waals surface area contributed by atoms with E-state index in [1.165, 1.54) is 11.3 Å². The van der Waals surface area contributed by atoms with Gasteiger partial charge in [-0.05, 0) is 24.6 Å². The maximum atomic E-state index is 12.1. The first-order valence-corrected chi connectivity index (χ1v) is 6.60. The molecule has 0 aliphatic rings. The molecule has 0 unspecified atom stereocenters. The predicted molar refractivity (Wildman–Crippen MR) is 80.0 cm³/mol.